The average Bonchev–Trinajstić information content (AvgIpc) is 2.85. The van der Waals surface area contributed by atoms with E-state index in [1.54, 1.807) is 4.90 Å². The van der Waals surface area contributed by atoms with Gasteiger partial charge in [-0.3, -0.25) is 9.59 Å². The molecule has 3 N–H and O–H groups in total. The highest BCUT2D eigenvalue weighted by molar-refractivity contribution is 5.79. The lowest BCUT2D eigenvalue weighted by Gasteiger charge is -2.30. The smallest absolute Gasteiger partial charge is 0.311 e. The van der Waals surface area contributed by atoms with Gasteiger partial charge in [-0.1, -0.05) is 6.92 Å². The second-order valence-electron chi connectivity index (χ2n) is 4.48. The van der Waals surface area contributed by atoms with Crippen LogP contribution in [0.15, 0.2) is 0 Å². The van der Waals surface area contributed by atoms with Crippen molar-refractivity contribution >= 4 is 11.9 Å². The number of aliphatic carboxylic acids is 1. The molecule has 0 bridgehead atoms. The summed E-state index contributed by atoms with van der Waals surface area (Å²) in [4.78, 5) is 24.8. The van der Waals surface area contributed by atoms with Gasteiger partial charge in [-0.05, 0) is 6.42 Å². The first-order valence-corrected chi connectivity index (χ1v) is 6.49. The second-order valence-corrected chi connectivity index (χ2v) is 4.48. The van der Waals surface area contributed by atoms with Crippen LogP contribution in [0.1, 0.15) is 13.3 Å². The van der Waals surface area contributed by atoms with Crippen molar-refractivity contribution in [3.8, 4) is 0 Å². The topological polar surface area (TPSA) is 102 Å². The number of ether oxygens (including phenoxy) is 2. The highest BCUT2D eigenvalue weighted by Crippen LogP contribution is 2.20. The van der Waals surface area contributed by atoms with Gasteiger partial charge in [-0.25, -0.2) is 0 Å². The van der Waals surface area contributed by atoms with E-state index < -0.39 is 17.9 Å². The van der Waals surface area contributed by atoms with Gasteiger partial charge in [0.15, 0.2) is 0 Å². The lowest BCUT2D eigenvalue weighted by Crippen LogP contribution is -2.48. The summed E-state index contributed by atoms with van der Waals surface area (Å²) in [5.41, 5.74) is 5.29. The van der Waals surface area contributed by atoms with Crippen LogP contribution in [0.4, 0.5) is 0 Å². The predicted molar refractivity (Wildman–Crippen MR) is 67.6 cm³/mol. The first-order valence-electron chi connectivity index (χ1n) is 6.49. The molecule has 1 saturated heterocycles. The van der Waals surface area contributed by atoms with Gasteiger partial charge in [0.05, 0.1) is 25.9 Å². The van der Waals surface area contributed by atoms with E-state index in [-0.39, 0.29) is 25.7 Å². The van der Waals surface area contributed by atoms with Crippen LogP contribution in [0.5, 0.6) is 0 Å². The largest absolute Gasteiger partial charge is 0.481 e. The van der Waals surface area contributed by atoms with Gasteiger partial charge in [0.2, 0.25) is 5.91 Å². The summed E-state index contributed by atoms with van der Waals surface area (Å²) < 4.78 is 10.3. The zero-order valence-corrected chi connectivity index (χ0v) is 11.2. The van der Waals surface area contributed by atoms with Gasteiger partial charge in [-0.2, -0.15) is 0 Å². The number of amides is 1. The van der Waals surface area contributed by atoms with Crippen molar-refractivity contribution in [2.75, 3.05) is 39.5 Å². The van der Waals surface area contributed by atoms with Crippen LogP contribution in [0.3, 0.4) is 0 Å². The van der Waals surface area contributed by atoms with Gasteiger partial charge in [0, 0.05) is 13.1 Å². The van der Waals surface area contributed by atoms with E-state index in [2.05, 4.69) is 0 Å². The van der Waals surface area contributed by atoms with Crippen molar-refractivity contribution in [2.24, 2.45) is 11.7 Å². The molecular weight excluding hydrogens is 252 g/mol. The quantitative estimate of drug-likeness (QED) is 0.567. The first kappa shape index (κ1) is 15.9. The summed E-state index contributed by atoms with van der Waals surface area (Å²) in [7, 11) is 0. The number of carboxylic acids is 1. The summed E-state index contributed by atoms with van der Waals surface area (Å²) in [6.07, 6.45) is 0.755. The molecule has 0 aromatic rings. The van der Waals surface area contributed by atoms with E-state index in [0.717, 1.165) is 6.42 Å². The average molecular weight is 274 g/mol. The van der Waals surface area contributed by atoms with Crippen LogP contribution in [-0.2, 0) is 19.1 Å². The van der Waals surface area contributed by atoms with Crippen molar-refractivity contribution in [3.05, 3.63) is 0 Å². The minimum absolute atomic E-state index is 0.0694. The zero-order chi connectivity index (χ0) is 14.3. The SMILES string of the molecule is CCCN(C(=O)COCCN)C1COCC1C(=O)O. The fourth-order valence-corrected chi connectivity index (χ4v) is 2.13. The van der Waals surface area contributed by atoms with Crippen molar-refractivity contribution in [1.29, 1.82) is 0 Å². The maximum absolute atomic E-state index is 12.1. The Morgan fingerprint density at radius 3 is 2.79 bits per heavy atom. The van der Waals surface area contributed by atoms with Crippen LogP contribution >= 0.6 is 0 Å². The minimum Gasteiger partial charge on any atom is -0.481 e. The van der Waals surface area contributed by atoms with Crippen molar-refractivity contribution in [1.82, 2.24) is 4.90 Å². The Morgan fingerprint density at radius 2 is 2.21 bits per heavy atom. The van der Waals surface area contributed by atoms with E-state index in [0.29, 0.717) is 19.7 Å². The Balaban J connectivity index is 2.64. The Bertz CT molecular complexity index is 310. The highest BCUT2D eigenvalue weighted by Gasteiger charge is 2.39. The number of nitrogens with zero attached hydrogens (tertiary/aromatic N) is 1. The monoisotopic (exact) mass is 274 g/mol. The van der Waals surface area contributed by atoms with Crippen LogP contribution < -0.4 is 5.73 Å². The molecule has 2 unspecified atom stereocenters. The molecule has 7 nitrogen and oxygen atoms in total. The zero-order valence-electron chi connectivity index (χ0n) is 11.2. The van der Waals surface area contributed by atoms with Gasteiger partial charge in [-0.15, -0.1) is 0 Å². The number of nitrogens with two attached hydrogens (primary N) is 1. The van der Waals surface area contributed by atoms with Crippen molar-refractivity contribution < 1.29 is 24.2 Å². The van der Waals surface area contributed by atoms with Gasteiger partial charge >= 0.3 is 5.97 Å². The molecule has 110 valence electrons. The molecular formula is C12H22N2O5. The molecule has 0 spiro atoms. The van der Waals surface area contributed by atoms with Crippen molar-refractivity contribution in [2.45, 2.75) is 19.4 Å². The molecule has 1 amide bonds. The van der Waals surface area contributed by atoms with Gasteiger partial charge < -0.3 is 25.2 Å². The molecule has 0 aliphatic carbocycles. The maximum Gasteiger partial charge on any atom is 0.311 e. The Kier molecular flexibility index (Phi) is 6.75. The maximum atomic E-state index is 12.1. The molecule has 7 heteroatoms. The highest BCUT2D eigenvalue weighted by atomic mass is 16.5. The van der Waals surface area contributed by atoms with E-state index in [1.165, 1.54) is 0 Å². The molecule has 1 aliphatic heterocycles. The number of carbonyl (C=O) groups is 2. The van der Waals surface area contributed by atoms with Gasteiger partial charge in [0.1, 0.15) is 12.5 Å². The molecule has 1 fully saturated rings. The van der Waals surface area contributed by atoms with Crippen LogP contribution in [0.25, 0.3) is 0 Å². The first-order chi connectivity index (χ1) is 9.11. The molecule has 0 radical (unpaired) electrons. The van der Waals surface area contributed by atoms with Crippen LogP contribution in [-0.4, -0.2) is 67.4 Å². The Hall–Kier alpha value is -1.18. The number of carbonyl (C=O) groups excluding carboxylic acids is 1. The molecule has 1 aliphatic rings. The summed E-state index contributed by atoms with van der Waals surface area (Å²) in [6, 6.07) is -0.411. The third-order valence-electron chi connectivity index (χ3n) is 3.04. The lowest BCUT2D eigenvalue weighted by atomic mass is 10.0. The summed E-state index contributed by atoms with van der Waals surface area (Å²) in [5, 5.41) is 9.13. The fraction of sp³-hybridized carbons (Fsp3) is 0.833. The number of hydrogen-bond acceptors (Lipinski definition) is 5. The summed E-state index contributed by atoms with van der Waals surface area (Å²) in [5.74, 6) is -1.80. The number of carboxylic acid groups (broad SMARTS) is 1. The van der Waals surface area contributed by atoms with Crippen LogP contribution in [0, 0.1) is 5.92 Å². The summed E-state index contributed by atoms with van der Waals surface area (Å²) >= 11 is 0. The third-order valence-corrected chi connectivity index (χ3v) is 3.04. The molecule has 1 heterocycles. The lowest BCUT2D eigenvalue weighted by molar-refractivity contribution is -0.146. The normalized spacial score (nSPS) is 22.4. The van der Waals surface area contributed by atoms with Gasteiger partial charge in [0.25, 0.3) is 0 Å². The third kappa shape index (κ3) is 4.45. The fourth-order valence-electron chi connectivity index (χ4n) is 2.13. The number of rotatable bonds is 8. The molecule has 19 heavy (non-hydrogen) atoms. The minimum atomic E-state index is -0.931. The predicted octanol–water partition coefficient (Wildman–Crippen LogP) is -0.700. The molecule has 2 atom stereocenters. The van der Waals surface area contributed by atoms with Crippen molar-refractivity contribution in [3.63, 3.8) is 0 Å². The van der Waals surface area contributed by atoms with E-state index in [1.807, 2.05) is 6.92 Å². The van der Waals surface area contributed by atoms with E-state index >= 15 is 0 Å². The molecule has 1 rings (SSSR count). The Labute approximate surface area is 112 Å². The Morgan fingerprint density at radius 1 is 1.47 bits per heavy atom. The van der Waals surface area contributed by atoms with Crippen LogP contribution in [0.2, 0.25) is 0 Å². The molecule has 0 saturated carbocycles. The van der Waals surface area contributed by atoms with E-state index in [4.69, 9.17) is 20.3 Å². The molecule has 0 aromatic carbocycles. The number of hydrogen-bond donors (Lipinski definition) is 2. The summed E-state index contributed by atoms with van der Waals surface area (Å²) in [6.45, 7) is 3.45. The second kappa shape index (κ2) is 8.08. The standard InChI is InChI=1S/C12H22N2O5/c1-2-4-14(11(15)8-18-5-3-13)10-7-19-6-9(10)12(16)17/h9-10H,2-8,13H2,1H3,(H,16,17). The van der Waals surface area contributed by atoms with E-state index in [9.17, 15) is 9.59 Å². The molecule has 0 aromatic heterocycles.